The van der Waals surface area contributed by atoms with Gasteiger partial charge in [0.05, 0.1) is 12.0 Å². The number of nitrogens with two attached hydrogens (primary N) is 1. The van der Waals surface area contributed by atoms with Crippen LogP contribution in [0.15, 0.2) is 71.0 Å². The maximum Gasteiger partial charge on any atom is 0.175 e. The Balaban J connectivity index is 2.16. The maximum atomic E-state index is 8.87. The monoisotopic (exact) mass is 303 g/mol. The number of aliphatic imine (C=N–C) groups is 1. The Labute approximate surface area is 133 Å². The predicted molar refractivity (Wildman–Crippen MR) is 87.5 cm³/mol. The molecule has 0 radical (unpaired) electrons. The van der Waals surface area contributed by atoms with E-state index in [0.29, 0.717) is 17.2 Å². The van der Waals surface area contributed by atoms with E-state index in [2.05, 4.69) is 10.3 Å². The summed E-state index contributed by atoms with van der Waals surface area (Å²) in [5.74, 6) is 1.30. The Bertz CT molecular complexity index is 813. The zero-order chi connectivity index (χ0) is 16.5. The van der Waals surface area contributed by atoms with Gasteiger partial charge in [0.2, 0.25) is 0 Å². The van der Waals surface area contributed by atoms with E-state index >= 15 is 0 Å². The molecule has 6 heteroatoms. The molecule has 0 atom stereocenters. The van der Waals surface area contributed by atoms with Crippen LogP contribution in [0.3, 0.4) is 0 Å². The molecule has 0 bridgehead atoms. The highest BCUT2D eigenvalue weighted by Crippen LogP contribution is 2.28. The van der Waals surface area contributed by atoms with Crippen molar-refractivity contribution >= 4 is 12.0 Å². The molecular formula is C17H13N5O. The van der Waals surface area contributed by atoms with Gasteiger partial charge >= 0.3 is 0 Å². The summed E-state index contributed by atoms with van der Waals surface area (Å²) in [5.41, 5.74) is 5.64. The highest BCUT2D eigenvalue weighted by molar-refractivity contribution is 5.80. The van der Waals surface area contributed by atoms with E-state index in [9.17, 15) is 0 Å². The average molecular weight is 303 g/mol. The fourth-order valence-corrected chi connectivity index (χ4v) is 1.67. The quantitative estimate of drug-likeness (QED) is 0.501. The van der Waals surface area contributed by atoms with Crippen molar-refractivity contribution in [3.8, 4) is 23.6 Å². The van der Waals surface area contributed by atoms with Gasteiger partial charge in [-0.25, -0.2) is 4.99 Å². The van der Waals surface area contributed by atoms with Gasteiger partial charge in [-0.15, -0.1) is 0 Å². The van der Waals surface area contributed by atoms with Gasteiger partial charge in [-0.3, -0.25) is 0 Å². The van der Waals surface area contributed by atoms with Crippen molar-refractivity contribution in [1.29, 1.82) is 10.5 Å². The van der Waals surface area contributed by atoms with Crippen LogP contribution in [0.25, 0.3) is 0 Å². The second-order valence-electron chi connectivity index (χ2n) is 4.30. The van der Waals surface area contributed by atoms with Gasteiger partial charge in [-0.2, -0.15) is 10.5 Å². The minimum absolute atomic E-state index is 0.151. The lowest BCUT2D eigenvalue weighted by atomic mass is 10.3. The Morgan fingerprint density at radius 3 is 2.43 bits per heavy atom. The zero-order valence-corrected chi connectivity index (χ0v) is 12.1. The number of para-hydroxylation sites is 3. The SMILES string of the molecule is N#C/C(N)=C(\C#N)N=CNc1ccccc1Oc1ccccc1. The van der Waals surface area contributed by atoms with Crippen molar-refractivity contribution in [1.82, 2.24) is 0 Å². The van der Waals surface area contributed by atoms with E-state index in [4.69, 9.17) is 21.0 Å². The van der Waals surface area contributed by atoms with Crippen LogP contribution in [0.2, 0.25) is 0 Å². The van der Waals surface area contributed by atoms with Crippen molar-refractivity contribution in [2.45, 2.75) is 0 Å². The number of ether oxygens (including phenoxy) is 1. The third-order valence-electron chi connectivity index (χ3n) is 2.75. The van der Waals surface area contributed by atoms with Gasteiger partial charge in [-0.1, -0.05) is 30.3 Å². The summed E-state index contributed by atoms with van der Waals surface area (Å²) in [6, 6.07) is 20.0. The molecule has 0 saturated heterocycles. The van der Waals surface area contributed by atoms with Crippen LogP contribution in [-0.2, 0) is 0 Å². The van der Waals surface area contributed by atoms with E-state index in [1.165, 1.54) is 6.34 Å². The summed E-state index contributed by atoms with van der Waals surface area (Å²) < 4.78 is 5.78. The molecule has 0 heterocycles. The van der Waals surface area contributed by atoms with Gasteiger partial charge in [0.25, 0.3) is 0 Å². The molecule has 6 nitrogen and oxygen atoms in total. The minimum Gasteiger partial charge on any atom is -0.455 e. The Morgan fingerprint density at radius 2 is 1.74 bits per heavy atom. The first kappa shape index (κ1) is 15.6. The van der Waals surface area contributed by atoms with Gasteiger partial charge < -0.3 is 15.8 Å². The molecule has 0 amide bonds. The van der Waals surface area contributed by atoms with Gasteiger partial charge in [-0.05, 0) is 24.3 Å². The van der Waals surface area contributed by atoms with E-state index in [1.54, 1.807) is 24.3 Å². The topological polar surface area (TPSA) is 107 Å². The molecule has 2 aromatic rings. The Hall–Kier alpha value is -3.77. The van der Waals surface area contributed by atoms with Crippen LogP contribution in [0, 0.1) is 22.7 Å². The first-order chi connectivity index (χ1) is 11.2. The first-order valence-electron chi connectivity index (χ1n) is 6.65. The molecule has 0 fully saturated rings. The highest BCUT2D eigenvalue weighted by Gasteiger charge is 2.03. The number of anilines is 1. The molecule has 0 aliphatic carbocycles. The van der Waals surface area contributed by atoms with Crippen LogP contribution < -0.4 is 15.8 Å². The standard InChI is InChI=1S/C17H13N5O/c18-10-14(20)16(11-19)22-12-21-15-8-4-5-9-17(15)23-13-6-2-1-3-7-13/h1-9,12H,20H2,(H,21,22)/b16-14-. The Morgan fingerprint density at radius 1 is 1.04 bits per heavy atom. The number of hydrogen-bond acceptors (Lipinski definition) is 5. The summed E-state index contributed by atoms with van der Waals surface area (Å²) in [5, 5.41) is 20.4. The molecule has 0 aliphatic rings. The maximum absolute atomic E-state index is 8.87. The molecule has 3 N–H and O–H groups in total. The van der Waals surface area contributed by atoms with Crippen LogP contribution >= 0.6 is 0 Å². The third-order valence-corrected chi connectivity index (χ3v) is 2.75. The van der Waals surface area contributed by atoms with Crippen molar-refractivity contribution in [3.05, 3.63) is 66.0 Å². The summed E-state index contributed by atoms with van der Waals surface area (Å²) in [7, 11) is 0. The third kappa shape index (κ3) is 4.35. The summed E-state index contributed by atoms with van der Waals surface area (Å²) in [6.07, 6.45) is 1.29. The minimum atomic E-state index is -0.237. The largest absolute Gasteiger partial charge is 0.455 e. The number of benzene rings is 2. The summed E-state index contributed by atoms with van der Waals surface area (Å²) >= 11 is 0. The molecule has 0 saturated carbocycles. The zero-order valence-electron chi connectivity index (χ0n) is 12.1. The normalized spacial score (nSPS) is 11.2. The molecule has 0 unspecified atom stereocenters. The molecule has 112 valence electrons. The number of nitrogens with one attached hydrogen (secondary N) is 1. The van der Waals surface area contributed by atoms with Crippen molar-refractivity contribution in [2.24, 2.45) is 10.7 Å². The van der Waals surface area contributed by atoms with Gasteiger partial charge in [0.15, 0.2) is 11.4 Å². The lowest BCUT2D eigenvalue weighted by Crippen LogP contribution is -2.01. The first-order valence-corrected chi connectivity index (χ1v) is 6.65. The lowest BCUT2D eigenvalue weighted by Gasteiger charge is -2.10. The number of nitriles is 2. The Kier molecular flexibility index (Phi) is 5.34. The molecule has 0 spiro atoms. The average Bonchev–Trinajstić information content (AvgIpc) is 2.60. The van der Waals surface area contributed by atoms with Gasteiger partial charge in [0.1, 0.15) is 23.6 Å². The van der Waals surface area contributed by atoms with Crippen LogP contribution in [0.5, 0.6) is 11.5 Å². The van der Waals surface area contributed by atoms with Crippen LogP contribution in [-0.4, -0.2) is 6.34 Å². The summed E-state index contributed by atoms with van der Waals surface area (Å²) in [4.78, 5) is 3.84. The number of rotatable bonds is 5. The second kappa shape index (κ2) is 7.87. The highest BCUT2D eigenvalue weighted by atomic mass is 16.5. The van der Waals surface area contributed by atoms with E-state index in [0.717, 1.165) is 0 Å². The molecule has 0 aromatic heterocycles. The van der Waals surface area contributed by atoms with Crippen molar-refractivity contribution in [2.75, 3.05) is 5.32 Å². The van der Waals surface area contributed by atoms with Crippen molar-refractivity contribution in [3.63, 3.8) is 0 Å². The number of nitrogens with zero attached hydrogens (tertiary/aromatic N) is 3. The molecule has 0 aliphatic heterocycles. The molecular weight excluding hydrogens is 290 g/mol. The van der Waals surface area contributed by atoms with Crippen molar-refractivity contribution < 1.29 is 4.74 Å². The smallest absolute Gasteiger partial charge is 0.175 e. The van der Waals surface area contributed by atoms with E-state index in [1.807, 2.05) is 42.5 Å². The predicted octanol–water partition coefficient (Wildman–Crippen LogP) is 3.14. The van der Waals surface area contributed by atoms with E-state index < -0.39 is 0 Å². The summed E-state index contributed by atoms with van der Waals surface area (Å²) in [6.45, 7) is 0. The second-order valence-corrected chi connectivity index (χ2v) is 4.30. The number of hydrogen-bond donors (Lipinski definition) is 2. The van der Waals surface area contributed by atoms with Crippen LogP contribution in [0.4, 0.5) is 5.69 Å². The lowest BCUT2D eigenvalue weighted by molar-refractivity contribution is 0.485. The molecule has 23 heavy (non-hydrogen) atoms. The van der Waals surface area contributed by atoms with Gasteiger partial charge in [0, 0.05) is 0 Å². The fraction of sp³-hybridized carbons (Fsp3) is 0. The molecule has 2 aromatic carbocycles. The van der Waals surface area contributed by atoms with Crippen LogP contribution in [0.1, 0.15) is 0 Å². The van der Waals surface area contributed by atoms with E-state index in [-0.39, 0.29) is 11.4 Å². The number of allylic oxidation sites excluding steroid dienone is 2. The molecule has 2 rings (SSSR count). The fourth-order valence-electron chi connectivity index (χ4n) is 1.67.